The number of hydrogen-bond donors (Lipinski definition) is 0. The normalized spacial score (nSPS) is 16.2. The Bertz CT molecular complexity index is 582. The fourth-order valence-electron chi connectivity index (χ4n) is 2.14. The highest BCUT2D eigenvalue weighted by Gasteiger charge is 2.14. The summed E-state index contributed by atoms with van der Waals surface area (Å²) in [5, 5.41) is 0. The average Bonchev–Trinajstić information content (AvgIpc) is 2.39. The molecule has 1 saturated heterocycles. The smallest absolute Gasteiger partial charge is 0.148 e. The Morgan fingerprint density at radius 1 is 1.28 bits per heavy atom. The minimum absolute atomic E-state index is 0.759. The van der Waals surface area contributed by atoms with E-state index in [4.69, 9.17) is 9.72 Å². The van der Waals surface area contributed by atoms with Gasteiger partial charge < -0.3 is 9.64 Å². The number of fused-ring (bicyclic) bond motifs is 1. The molecule has 0 unspecified atom stereocenters. The lowest BCUT2D eigenvalue weighted by Gasteiger charge is -2.27. The van der Waals surface area contributed by atoms with Crippen molar-refractivity contribution in [3.63, 3.8) is 0 Å². The third-order valence-electron chi connectivity index (χ3n) is 3.07. The zero-order valence-corrected chi connectivity index (χ0v) is 11.8. The summed E-state index contributed by atoms with van der Waals surface area (Å²) in [7, 11) is 0. The molecular weight excluding hydrogens is 294 g/mol. The number of anilines is 1. The maximum Gasteiger partial charge on any atom is 0.148 e. The van der Waals surface area contributed by atoms with Crippen molar-refractivity contribution in [3.8, 4) is 0 Å². The van der Waals surface area contributed by atoms with Crippen molar-refractivity contribution >= 4 is 32.8 Å². The number of hydrogen-bond acceptors (Lipinski definition) is 4. The van der Waals surface area contributed by atoms with E-state index in [0.29, 0.717) is 0 Å². The molecule has 5 heteroatoms. The van der Waals surface area contributed by atoms with Gasteiger partial charge in [0.15, 0.2) is 0 Å². The molecular formula is C13H14BrN3O. The summed E-state index contributed by atoms with van der Waals surface area (Å²) in [6.07, 6.45) is 1.85. The van der Waals surface area contributed by atoms with Crippen LogP contribution in [0, 0.1) is 6.92 Å². The van der Waals surface area contributed by atoms with E-state index in [9.17, 15) is 0 Å². The Morgan fingerprint density at radius 3 is 2.83 bits per heavy atom. The maximum absolute atomic E-state index is 5.35. The lowest BCUT2D eigenvalue weighted by atomic mass is 10.2. The fourth-order valence-corrected chi connectivity index (χ4v) is 2.79. The fraction of sp³-hybridized carbons (Fsp3) is 0.385. The van der Waals surface area contributed by atoms with E-state index in [1.54, 1.807) is 0 Å². The van der Waals surface area contributed by atoms with Crippen LogP contribution in [0.25, 0.3) is 11.0 Å². The van der Waals surface area contributed by atoms with Crippen molar-refractivity contribution in [1.82, 2.24) is 9.97 Å². The van der Waals surface area contributed by atoms with Crippen molar-refractivity contribution in [2.24, 2.45) is 0 Å². The number of aromatic nitrogens is 2. The minimum atomic E-state index is 0.759. The largest absolute Gasteiger partial charge is 0.378 e. The van der Waals surface area contributed by atoms with Crippen molar-refractivity contribution in [3.05, 3.63) is 28.4 Å². The Balaban J connectivity index is 2.04. The molecule has 0 saturated carbocycles. The summed E-state index contributed by atoms with van der Waals surface area (Å²) in [4.78, 5) is 11.4. The first-order valence-electron chi connectivity index (χ1n) is 5.99. The Kier molecular flexibility index (Phi) is 3.18. The van der Waals surface area contributed by atoms with Crippen LogP contribution in [0.5, 0.6) is 0 Å². The predicted octanol–water partition coefficient (Wildman–Crippen LogP) is 2.54. The molecule has 0 spiro atoms. The number of nitrogens with zero attached hydrogens (tertiary/aromatic N) is 3. The summed E-state index contributed by atoms with van der Waals surface area (Å²) < 4.78 is 6.35. The van der Waals surface area contributed by atoms with Crippen LogP contribution in [0.2, 0.25) is 0 Å². The Hall–Kier alpha value is -1.20. The van der Waals surface area contributed by atoms with E-state index >= 15 is 0 Å². The van der Waals surface area contributed by atoms with Crippen LogP contribution in [-0.4, -0.2) is 36.3 Å². The molecule has 2 aromatic rings. The van der Waals surface area contributed by atoms with E-state index in [1.807, 2.05) is 6.20 Å². The van der Waals surface area contributed by atoms with Gasteiger partial charge in [-0.05, 0) is 40.5 Å². The topological polar surface area (TPSA) is 38.2 Å². The lowest BCUT2D eigenvalue weighted by molar-refractivity contribution is 0.122. The van der Waals surface area contributed by atoms with Gasteiger partial charge in [0.25, 0.3) is 0 Å². The van der Waals surface area contributed by atoms with E-state index < -0.39 is 0 Å². The van der Waals surface area contributed by atoms with Crippen LogP contribution in [0.15, 0.2) is 22.8 Å². The van der Waals surface area contributed by atoms with Gasteiger partial charge in [-0.15, -0.1) is 0 Å². The molecule has 4 nitrogen and oxygen atoms in total. The summed E-state index contributed by atoms with van der Waals surface area (Å²) in [6, 6.07) is 4.12. The van der Waals surface area contributed by atoms with Gasteiger partial charge in [-0.1, -0.05) is 0 Å². The highest BCUT2D eigenvalue weighted by atomic mass is 79.9. The average molecular weight is 308 g/mol. The number of morpholine rings is 1. The number of halogens is 1. The summed E-state index contributed by atoms with van der Waals surface area (Å²) in [5.74, 6) is 0.926. The van der Waals surface area contributed by atoms with Crippen LogP contribution < -0.4 is 4.90 Å². The quantitative estimate of drug-likeness (QED) is 0.811. The van der Waals surface area contributed by atoms with Gasteiger partial charge in [-0.25, -0.2) is 4.98 Å². The second-order valence-corrected chi connectivity index (χ2v) is 5.30. The molecule has 1 aromatic carbocycles. The second-order valence-electron chi connectivity index (χ2n) is 4.44. The van der Waals surface area contributed by atoms with Gasteiger partial charge in [0.1, 0.15) is 11.3 Å². The van der Waals surface area contributed by atoms with Crippen molar-refractivity contribution in [2.75, 3.05) is 31.2 Å². The highest BCUT2D eigenvalue weighted by molar-refractivity contribution is 9.10. The van der Waals surface area contributed by atoms with Crippen molar-refractivity contribution in [1.29, 1.82) is 0 Å². The van der Waals surface area contributed by atoms with Gasteiger partial charge in [-0.2, -0.15) is 0 Å². The third-order valence-corrected chi connectivity index (χ3v) is 3.67. The van der Waals surface area contributed by atoms with Gasteiger partial charge >= 0.3 is 0 Å². The van der Waals surface area contributed by atoms with Gasteiger partial charge in [0.2, 0.25) is 0 Å². The molecule has 1 aromatic heterocycles. The summed E-state index contributed by atoms with van der Waals surface area (Å²) in [5.41, 5.74) is 3.03. The first-order valence-corrected chi connectivity index (χ1v) is 6.79. The molecule has 1 aliphatic heterocycles. The minimum Gasteiger partial charge on any atom is -0.378 e. The van der Waals surface area contributed by atoms with Crippen molar-refractivity contribution < 1.29 is 4.74 Å². The van der Waals surface area contributed by atoms with E-state index in [0.717, 1.165) is 47.6 Å². The molecule has 0 radical (unpaired) electrons. The van der Waals surface area contributed by atoms with Crippen LogP contribution in [0.4, 0.5) is 5.82 Å². The summed E-state index contributed by atoms with van der Waals surface area (Å²) >= 11 is 3.56. The molecule has 0 N–H and O–H groups in total. The molecule has 1 aliphatic rings. The third kappa shape index (κ3) is 2.20. The molecule has 3 rings (SSSR count). The van der Waals surface area contributed by atoms with Gasteiger partial charge in [0.05, 0.1) is 24.9 Å². The molecule has 18 heavy (non-hydrogen) atoms. The number of benzene rings is 1. The Labute approximate surface area is 114 Å². The van der Waals surface area contributed by atoms with Crippen LogP contribution >= 0.6 is 15.9 Å². The zero-order valence-electron chi connectivity index (χ0n) is 10.2. The van der Waals surface area contributed by atoms with Crippen LogP contribution in [0.3, 0.4) is 0 Å². The SMILES string of the molecule is Cc1cc(Br)c2nc(N3CCOCC3)cnc2c1. The number of ether oxygens (including phenoxy) is 1. The number of aryl methyl sites for hydroxylation is 1. The van der Waals surface area contributed by atoms with Gasteiger partial charge in [-0.3, -0.25) is 4.98 Å². The lowest BCUT2D eigenvalue weighted by Crippen LogP contribution is -2.36. The highest BCUT2D eigenvalue weighted by Crippen LogP contribution is 2.25. The first-order chi connectivity index (χ1) is 8.74. The van der Waals surface area contributed by atoms with Crippen LogP contribution in [-0.2, 0) is 4.74 Å². The van der Waals surface area contributed by atoms with Gasteiger partial charge in [0, 0.05) is 17.6 Å². The van der Waals surface area contributed by atoms with E-state index in [-0.39, 0.29) is 0 Å². The monoisotopic (exact) mass is 307 g/mol. The molecule has 0 amide bonds. The molecule has 94 valence electrons. The second kappa shape index (κ2) is 4.82. The van der Waals surface area contributed by atoms with E-state index in [2.05, 4.69) is 44.9 Å². The summed E-state index contributed by atoms with van der Waals surface area (Å²) in [6.45, 7) is 5.33. The van der Waals surface area contributed by atoms with Crippen molar-refractivity contribution in [2.45, 2.75) is 6.92 Å². The molecule has 1 fully saturated rings. The molecule has 0 aliphatic carbocycles. The van der Waals surface area contributed by atoms with Crippen LogP contribution in [0.1, 0.15) is 5.56 Å². The predicted molar refractivity (Wildman–Crippen MR) is 75.0 cm³/mol. The molecule has 2 heterocycles. The Morgan fingerprint density at radius 2 is 2.06 bits per heavy atom. The zero-order chi connectivity index (χ0) is 12.5. The maximum atomic E-state index is 5.35. The van der Waals surface area contributed by atoms with E-state index in [1.165, 1.54) is 5.56 Å². The molecule has 0 atom stereocenters. The standard InChI is InChI=1S/C13H14BrN3O/c1-9-6-10(14)13-11(7-9)15-8-12(16-13)17-2-4-18-5-3-17/h6-8H,2-5H2,1H3. The molecule has 0 bridgehead atoms. The first kappa shape index (κ1) is 11.9. The number of rotatable bonds is 1.